The molecule has 0 bridgehead atoms. The first kappa shape index (κ1) is 12.8. The van der Waals surface area contributed by atoms with E-state index in [0.29, 0.717) is 11.1 Å². The van der Waals surface area contributed by atoms with E-state index in [9.17, 15) is 18.0 Å². The number of carbonyl (C=O) groups is 1. The highest BCUT2D eigenvalue weighted by Gasteiger charge is 2.38. The maximum absolute atomic E-state index is 12.3. The zero-order valence-corrected chi connectivity index (χ0v) is 10.1. The summed E-state index contributed by atoms with van der Waals surface area (Å²) in [5.74, 6) is -1.36. The van der Waals surface area contributed by atoms with Crippen molar-refractivity contribution < 1.29 is 22.5 Å². The molecule has 0 saturated heterocycles. The van der Waals surface area contributed by atoms with Gasteiger partial charge < -0.3 is 4.52 Å². The predicted octanol–water partition coefficient (Wildman–Crippen LogP) is 3.35. The van der Waals surface area contributed by atoms with Crippen LogP contribution in [0.1, 0.15) is 29.1 Å². The van der Waals surface area contributed by atoms with Crippen molar-refractivity contribution in [1.82, 2.24) is 10.1 Å². The van der Waals surface area contributed by atoms with Gasteiger partial charge in [0, 0.05) is 17.0 Å². The zero-order chi connectivity index (χ0) is 14.3. The topological polar surface area (TPSA) is 56.0 Å². The van der Waals surface area contributed by atoms with Gasteiger partial charge in [-0.05, 0) is 12.8 Å². The molecule has 7 heteroatoms. The van der Waals surface area contributed by atoms with Crippen LogP contribution >= 0.6 is 0 Å². The predicted molar refractivity (Wildman–Crippen MR) is 61.8 cm³/mol. The fourth-order valence-corrected chi connectivity index (χ4v) is 1.82. The number of nitrogens with zero attached hydrogens (tertiary/aromatic N) is 2. The number of alkyl halides is 3. The largest absolute Gasteiger partial charge is 0.471 e. The second kappa shape index (κ2) is 4.43. The van der Waals surface area contributed by atoms with Crippen molar-refractivity contribution in [1.29, 1.82) is 0 Å². The molecule has 0 atom stereocenters. The lowest BCUT2D eigenvalue weighted by atomic mass is 10.1. The van der Waals surface area contributed by atoms with Gasteiger partial charge in [-0.25, -0.2) is 0 Å². The molecule has 1 aromatic heterocycles. The number of ketones is 1. The van der Waals surface area contributed by atoms with Crippen LogP contribution in [-0.4, -0.2) is 15.9 Å². The van der Waals surface area contributed by atoms with Gasteiger partial charge in [-0.3, -0.25) is 4.79 Å². The van der Waals surface area contributed by atoms with E-state index in [0.717, 1.165) is 12.8 Å². The minimum Gasteiger partial charge on any atom is -0.329 e. The summed E-state index contributed by atoms with van der Waals surface area (Å²) in [4.78, 5) is 15.1. The number of hydrogen-bond acceptors (Lipinski definition) is 4. The molecule has 0 radical (unpaired) electrons. The molecule has 0 N–H and O–H groups in total. The van der Waals surface area contributed by atoms with Crippen LogP contribution in [0.2, 0.25) is 0 Å². The summed E-state index contributed by atoms with van der Waals surface area (Å²) in [5, 5.41) is 3.28. The molecule has 4 nitrogen and oxygen atoms in total. The fourth-order valence-electron chi connectivity index (χ4n) is 1.82. The average molecular weight is 282 g/mol. The Balaban J connectivity index is 1.83. The zero-order valence-electron chi connectivity index (χ0n) is 10.1. The van der Waals surface area contributed by atoms with E-state index >= 15 is 0 Å². The molecule has 1 heterocycles. The maximum Gasteiger partial charge on any atom is 0.471 e. The molecule has 2 aromatic rings. The molecule has 0 amide bonds. The molecule has 104 valence electrons. The van der Waals surface area contributed by atoms with Gasteiger partial charge in [0.15, 0.2) is 5.78 Å². The van der Waals surface area contributed by atoms with Gasteiger partial charge >= 0.3 is 12.1 Å². The average Bonchev–Trinajstić information content (AvgIpc) is 3.13. The van der Waals surface area contributed by atoms with Crippen LogP contribution in [0.5, 0.6) is 0 Å². The Kier molecular flexibility index (Phi) is 2.84. The van der Waals surface area contributed by atoms with Gasteiger partial charge in [-0.2, -0.15) is 18.2 Å². The molecule has 20 heavy (non-hydrogen) atoms. The summed E-state index contributed by atoms with van der Waals surface area (Å²) < 4.78 is 41.2. The van der Waals surface area contributed by atoms with Crippen molar-refractivity contribution in [3.63, 3.8) is 0 Å². The van der Waals surface area contributed by atoms with Crippen LogP contribution in [0.4, 0.5) is 13.2 Å². The first-order valence-corrected chi connectivity index (χ1v) is 6.01. The molecule has 1 aliphatic rings. The summed E-state index contributed by atoms with van der Waals surface area (Å²) in [6.07, 6.45) is -2.85. The lowest BCUT2D eigenvalue weighted by Crippen LogP contribution is -2.04. The number of rotatable bonds is 3. The van der Waals surface area contributed by atoms with Crippen molar-refractivity contribution in [2.24, 2.45) is 5.92 Å². The van der Waals surface area contributed by atoms with Gasteiger partial charge in [-0.15, -0.1) is 0 Å². The third kappa shape index (κ3) is 2.43. The lowest BCUT2D eigenvalue weighted by Gasteiger charge is -1.99. The number of Topliss-reactive ketones (excluding diaryl/α,β-unsaturated/α-hetero) is 1. The van der Waals surface area contributed by atoms with Crippen LogP contribution in [0.25, 0.3) is 11.4 Å². The van der Waals surface area contributed by atoms with Crippen LogP contribution in [0.15, 0.2) is 28.8 Å². The highest BCUT2D eigenvalue weighted by molar-refractivity contribution is 5.99. The molecule has 1 aromatic carbocycles. The first-order valence-electron chi connectivity index (χ1n) is 6.01. The molecule has 1 aliphatic carbocycles. The second-order valence-corrected chi connectivity index (χ2v) is 4.64. The van der Waals surface area contributed by atoms with Crippen LogP contribution in [0, 0.1) is 5.92 Å². The highest BCUT2D eigenvalue weighted by atomic mass is 19.4. The standard InChI is InChI=1S/C13H9F3N2O2/c14-13(15,16)12-17-11(18-20-12)9-5-3-8(4-6-9)10(19)7-1-2-7/h3-7H,1-2H2. The van der Waals surface area contributed by atoms with E-state index in [1.807, 2.05) is 0 Å². The van der Waals surface area contributed by atoms with E-state index in [2.05, 4.69) is 14.7 Å². The van der Waals surface area contributed by atoms with E-state index in [1.165, 1.54) is 12.1 Å². The van der Waals surface area contributed by atoms with Crippen molar-refractivity contribution in [3.8, 4) is 11.4 Å². The SMILES string of the molecule is O=C(c1ccc(-c2noc(C(F)(F)F)n2)cc1)C1CC1. The van der Waals surface area contributed by atoms with Crippen molar-refractivity contribution in [2.75, 3.05) is 0 Å². The van der Waals surface area contributed by atoms with Crippen LogP contribution < -0.4 is 0 Å². The number of benzene rings is 1. The normalized spacial score (nSPS) is 15.3. The summed E-state index contributed by atoms with van der Waals surface area (Å²) in [5.41, 5.74) is 0.924. The summed E-state index contributed by atoms with van der Waals surface area (Å²) in [6.45, 7) is 0. The Bertz CT molecular complexity index is 642. The van der Waals surface area contributed by atoms with Crippen LogP contribution in [0.3, 0.4) is 0 Å². The fraction of sp³-hybridized carbons (Fsp3) is 0.308. The van der Waals surface area contributed by atoms with E-state index in [-0.39, 0.29) is 17.5 Å². The Morgan fingerprint density at radius 3 is 2.35 bits per heavy atom. The lowest BCUT2D eigenvalue weighted by molar-refractivity contribution is -0.159. The van der Waals surface area contributed by atoms with Crippen LogP contribution in [-0.2, 0) is 6.18 Å². The smallest absolute Gasteiger partial charge is 0.329 e. The highest BCUT2D eigenvalue weighted by Crippen LogP contribution is 2.33. The van der Waals surface area contributed by atoms with Crippen molar-refractivity contribution >= 4 is 5.78 Å². The molecule has 0 aliphatic heterocycles. The summed E-state index contributed by atoms with van der Waals surface area (Å²) in [7, 11) is 0. The van der Waals surface area contributed by atoms with Crippen molar-refractivity contribution in [2.45, 2.75) is 19.0 Å². The molecule has 3 rings (SSSR count). The molecular weight excluding hydrogens is 273 g/mol. The minimum atomic E-state index is -4.66. The molecule has 1 fully saturated rings. The monoisotopic (exact) mass is 282 g/mol. The van der Waals surface area contributed by atoms with E-state index in [4.69, 9.17) is 0 Å². The quantitative estimate of drug-likeness (QED) is 0.810. The molecule has 0 unspecified atom stereocenters. The number of halogens is 3. The van der Waals surface area contributed by atoms with Crippen molar-refractivity contribution in [3.05, 3.63) is 35.7 Å². The van der Waals surface area contributed by atoms with Gasteiger partial charge in [0.25, 0.3) is 0 Å². The van der Waals surface area contributed by atoms with Gasteiger partial charge in [-0.1, -0.05) is 29.4 Å². The van der Waals surface area contributed by atoms with Gasteiger partial charge in [0.1, 0.15) is 0 Å². The summed E-state index contributed by atoms with van der Waals surface area (Å²) in [6, 6.07) is 6.17. The number of aromatic nitrogens is 2. The first-order chi connectivity index (χ1) is 9.45. The Hall–Kier alpha value is -2.18. The third-order valence-electron chi connectivity index (χ3n) is 3.04. The van der Waals surface area contributed by atoms with E-state index < -0.39 is 12.1 Å². The number of hydrogen-bond donors (Lipinski definition) is 0. The van der Waals surface area contributed by atoms with Gasteiger partial charge in [0.2, 0.25) is 5.82 Å². The molecule has 0 spiro atoms. The van der Waals surface area contributed by atoms with E-state index in [1.54, 1.807) is 12.1 Å². The Morgan fingerprint density at radius 1 is 1.20 bits per heavy atom. The molecule has 1 saturated carbocycles. The Morgan fingerprint density at radius 2 is 1.85 bits per heavy atom. The third-order valence-corrected chi connectivity index (χ3v) is 3.04. The second-order valence-electron chi connectivity index (χ2n) is 4.64. The maximum atomic E-state index is 12.3. The Labute approximate surface area is 111 Å². The molecular formula is C13H9F3N2O2. The number of carbonyl (C=O) groups excluding carboxylic acids is 1. The van der Waals surface area contributed by atoms with Gasteiger partial charge in [0.05, 0.1) is 0 Å². The summed E-state index contributed by atoms with van der Waals surface area (Å²) >= 11 is 0. The minimum absolute atomic E-state index is 0.0700.